The number of quaternary nitrogens is 1. The van der Waals surface area contributed by atoms with E-state index in [-0.39, 0.29) is 17.5 Å². The van der Waals surface area contributed by atoms with Crippen molar-refractivity contribution in [3.05, 3.63) is 45.7 Å². The molecule has 0 radical (unpaired) electrons. The predicted molar refractivity (Wildman–Crippen MR) is 112 cm³/mol. The molecule has 2 atom stereocenters. The van der Waals surface area contributed by atoms with Crippen molar-refractivity contribution >= 4 is 29.3 Å². The lowest BCUT2D eigenvalue weighted by atomic mass is 9.86. The number of nitrogens with one attached hydrogen (secondary N) is 1. The Bertz CT molecular complexity index is 782. The highest BCUT2D eigenvalue weighted by atomic mass is 35.5. The van der Waals surface area contributed by atoms with E-state index in [4.69, 9.17) is 23.2 Å². The Morgan fingerprint density at radius 2 is 1.81 bits per heavy atom. The smallest absolute Gasteiger partial charge is 0.210 e. The number of halogens is 2. The minimum Gasteiger partial charge on any atom is -0.331 e. The van der Waals surface area contributed by atoms with Gasteiger partial charge >= 0.3 is 0 Å². The second-order valence-electron chi connectivity index (χ2n) is 8.62. The first-order valence-electron chi connectivity index (χ1n) is 9.23. The van der Waals surface area contributed by atoms with Crippen molar-refractivity contribution in [2.75, 3.05) is 14.1 Å². The summed E-state index contributed by atoms with van der Waals surface area (Å²) in [7, 11) is 4.28. The highest BCUT2D eigenvalue weighted by molar-refractivity contribution is 6.35. The average Bonchev–Trinajstić information content (AvgIpc) is 2.96. The van der Waals surface area contributed by atoms with Crippen LogP contribution in [-0.2, 0) is 0 Å². The molecule has 0 aliphatic carbocycles. The molecule has 2 aromatic rings. The van der Waals surface area contributed by atoms with E-state index in [0.717, 1.165) is 11.4 Å². The number of tetrazole rings is 1. The summed E-state index contributed by atoms with van der Waals surface area (Å²) in [4.78, 5) is 1.30. The summed E-state index contributed by atoms with van der Waals surface area (Å²) < 4.78 is 1.96. The molecule has 0 spiro atoms. The maximum Gasteiger partial charge on any atom is 0.210 e. The average molecular weight is 411 g/mol. The number of allylic oxidation sites excluding steroid dienone is 1. The lowest BCUT2D eigenvalue weighted by Gasteiger charge is -2.31. The van der Waals surface area contributed by atoms with Crippen LogP contribution in [0.5, 0.6) is 0 Å². The molecule has 148 valence electrons. The van der Waals surface area contributed by atoms with Gasteiger partial charge in [0, 0.05) is 16.0 Å². The van der Waals surface area contributed by atoms with E-state index < -0.39 is 0 Å². The third kappa shape index (κ3) is 5.31. The molecule has 5 nitrogen and oxygen atoms in total. The molecular formula is C20H30Cl2N5+. The second-order valence-corrected chi connectivity index (χ2v) is 9.46. The lowest BCUT2D eigenvalue weighted by molar-refractivity contribution is -0.897. The quantitative estimate of drug-likeness (QED) is 0.778. The summed E-state index contributed by atoms with van der Waals surface area (Å²) in [5.41, 5.74) is 0.839. The molecule has 27 heavy (non-hydrogen) atoms. The van der Waals surface area contributed by atoms with Gasteiger partial charge in [0.05, 0.1) is 20.1 Å². The van der Waals surface area contributed by atoms with Crippen molar-refractivity contribution in [3.63, 3.8) is 0 Å². The first kappa shape index (κ1) is 21.9. The zero-order valence-corrected chi connectivity index (χ0v) is 18.7. The number of hydrogen-bond donors (Lipinski definition) is 1. The number of hydrogen-bond acceptors (Lipinski definition) is 3. The standard InChI is InChI=1S/C20H29Cl2N5/c1-13(2)18(26(6)7)19-23-24-25-27(19)17(20(3,4)5)11-9-14-8-10-15(21)12-16(14)22/h8-13,17-18H,1-7H3/p+1/b11-9+/t17-,18-/m0/s1. The van der Waals surface area contributed by atoms with E-state index in [2.05, 4.69) is 70.3 Å². The normalized spacial score (nSPS) is 15.1. The van der Waals surface area contributed by atoms with E-state index in [9.17, 15) is 0 Å². The van der Waals surface area contributed by atoms with Gasteiger partial charge < -0.3 is 4.90 Å². The summed E-state index contributed by atoms with van der Waals surface area (Å²) >= 11 is 12.3. The maximum atomic E-state index is 6.33. The van der Waals surface area contributed by atoms with Crippen LogP contribution in [0.1, 0.15) is 58.1 Å². The Kier molecular flexibility index (Phi) is 7.06. The molecule has 0 saturated carbocycles. The van der Waals surface area contributed by atoms with Crippen LogP contribution >= 0.6 is 23.2 Å². The molecule has 0 unspecified atom stereocenters. The van der Waals surface area contributed by atoms with Gasteiger partial charge in [-0.05, 0) is 33.5 Å². The highest BCUT2D eigenvalue weighted by Gasteiger charge is 2.34. The summed E-state index contributed by atoms with van der Waals surface area (Å²) in [6.07, 6.45) is 4.14. The molecular weight excluding hydrogens is 381 g/mol. The first-order valence-corrected chi connectivity index (χ1v) is 9.99. The van der Waals surface area contributed by atoms with Crippen molar-refractivity contribution in [2.45, 2.75) is 46.7 Å². The van der Waals surface area contributed by atoms with Crippen LogP contribution in [0, 0.1) is 11.3 Å². The third-order valence-corrected chi connectivity index (χ3v) is 5.22. The van der Waals surface area contributed by atoms with Crippen LogP contribution in [0.25, 0.3) is 6.08 Å². The van der Waals surface area contributed by atoms with Crippen LogP contribution < -0.4 is 4.90 Å². The Morgan fingerprint density at radius 3 is 2.33 bits per heavy atom. The van der Waals surface area contributed by atoms with E-state index in [0.29, 0.717) is 16.0 Å². The van der Waals surface area contributed by atoms with E-state index >= 15 is 0 Å². The maximum absolute atomic E-state index is 6.33. The van der Waals surface area contributed by atoms with Crippen LogP contribution in [0.2, 0.25) is 10.0 Å². The molecule has 1 heterocycles. The molecule has 1 N–H and O–H groups in total. The highest BCUT2D eigenvalue weighted by Crippen LogP contribution is 2.34. The first-order chi connectivity index (χ1) is 12.5. The zero-order chi connectivity index (χ0) is 20.4. The van der Waals surface area contributed by atoms with E-state index in [1.165, 1.54) is 4.90 Å². The van der Waals surface area contributed by atoms with Gasteiger partial charge in [0.25, 0.3) is 0 Å². The molecule has 1 aromatic carbocycles. The van der Waals surface area contributed by atoms with Crippen molar-refractivity contribution in [3.8, 4) is 0 Å². The number of benzene rings is 1. The van der Waals surface area contributed by atoms with E-state index in [1.54, 1.807) is 6.07 Å². The molecule has 0 bridgehead atoms. The van der Waals surface area contributed by atoms with Crippen LogP contribution in [0.15, 0.2) is 24.3 Å². The van der Waals surface area contributed by atoms with Gasteiger partial charge in [0.15, 0.2) is 6.04 Å². The summed E-state index contributed by atoms with van der Waals surface area (Å²) in [5.74, 6) is 1.31. The molecule has 7 heteroatoms. The van der Waals surface area contributed by atoms with Crippen molar-refractivity contribution in [1.82, 2.24) is 20.2 Å². The van der Waals surface area contributed by atoms with Gasteiger partial charge in [-0.2, -0.15) is 0 Å². The Balaban J connectivity index is 2.47. The second kappa shape index (κ2) is 8.72. The summed E-state index contributed by atoms with van der Waals surface area (Å²) in [6, 6.07) is 5.70. The molecule has 0 aliphatic rings. The Morgan fingerprint density at radius 1 is 1.15 bits per heavy atom. The van der Waals surface area contributed by atoms with Gasteiger partial charge in [0.1, 0.15) is 0 Å². The van der Waals surface area contributed by atoms with Crippen LogP contribution in [0.3, 0.4) is 0 Å². The van der Waals surface area contributed by atoms with Gasteiger partial charge in [-0.3, -0.25) is 0 Å². The number of aromatic nitrogens is 4. The lowest BCUT2D eigenvalue weighted by Crippen LogP contribution is -3.07. The molecule has 0 saturated heterocycles. The Hall–Kier alpha value is -1.43. The SMILES string of the molecule is CC(C)[C@@H](c1nnnn1[C@@H](/C=C/c1ccc(Cl)cc1Cl)C(C)(C)C)[NH+](C)C. The van der Waals surface area contributed by atoms with Gasteiger partial charge in [0.2, 0.25) is 5.82 Å². The predicted octanol–water partition coefficient (Wildman–Crippen LogP) is 4.12. The van der Waals surface area contributed by atoms with Gasteiger partial charge in [-0.1, -0.05) is 76.0 Å². The summed E-state index contributed by atoms with van der Waals surface area (Å²) in [6.45, 7) is 11.0. The fraction of sp³-hybridized carbons (Fsp3) is 0.550. The van der Waals surface area contributed by atoms with E-state index in [1.807, 2.05) is 22.9 Å². The largest absolute Gasteiger partial charge is 0.331 e. The van der Waals surface area contributed by atoms with Crippen molar-refractivity contribution in [1.29, 1.82) is 0 Å². The van der Waals surface area contributed by atoms with Gasteiger partial charge in [-0.15, -0.1) is 5.10 Å². The fourth-order valence-corrected chi connectivity index (χ4v) is 3.87. The fourth-order valence-electron chi connectivity index (χ4n) is 3.39. The molecule has 0 fully saturated rings. The minimum atomic E-state index is -0.0806. The zero-order valence-electron chi connectivity index (χ0n) is 17.2. The molecule has 0 aliphatic heterocycles. The molecule has 1 aromatic heterocycles. The monoisotopic (exact) mass is 410 g/mol. The number of nitrogens with zero attached hydrogens (tertiary/aromatic N) is 4. The van der Waals surface area contributed by atoms with Crippen LogP contribution in [-0.4, -0.2) is 34.3 Å². The van der Waals surface area contributed by atoms with Gasteiger partial charge in [-0.25, -0.2) is 4.68 Å². The molecule has 0 amide bonds. The third-order valence-electron chi connectivity index (χ3n) is 4.66. The molecule has 2 rings (SSSR count). The van der Waals surface area contributed by atoms with Crippen molar-refractivity contribution < 1.29 is 4.90 Å². The topological polar surface area (TPSA) is 48.0 Å². The summed E-state index contributed by atoms with van der Waals surface area (Å²) in [5, 5.41) is 14.0. The van der Waals surface area contributed by atoms with Crippen molar-refractivity contribution in [2.24, 2.45) is 11.3 Å². The minimum absolute atomic E-state index is 0.0187. The Labute approximate surface area is 172 Å². The van der Waals surface area contributed by atoms with Crippen LogP contribution in [0.4, 0.5) is 0 Å². The number of rotatable bonds is 6.